The number of hydrogen-bond acceptors (Lipinski definition) is 8. The number of amides is 1. The first-order valence-electron chi connectivity index (χ1n) is 8.68. The van der Waals surface area contributed by atoms with Gasteiger partial charge in [-0.25, -0.2) is 23.2 Å². The van der Waals surface area contributed by atoms with Crippen LogP contribution in [0.5, 0.6) is 0 Å². The Balaban J connectivity index is 1.78. The number of carbonyl (C=O) groups is 1. The van der Waals surface area contributed by atoms with Gasteiger partial charge in [-0.1, -0.05) is 4.89 Å². The second-order valence-corrected chi connectivity index (χ2v) is 8.35. The molecule has 1 aromatic rings. The van der Waals surface area contributed by atoms with Gasteiger partial charge in [-0.15, -0.1) is 0 Å². The third kappa shape index (κ3) is 7.62. The van der Waals surface area contributed by atoms with Gasteiger partial charge in [0.15, 0.2) is 0 Å². The number of nitrogens with two attached hydrogens (primary N) is 1. The molecule has 1 aromatic heterocycles. The number of rotatable bonds is 8. The van der Waals surface area contributed by atoms with Crippen molar-refractivity contribution >= 4 is 22.1 Å². The van der Waals surface area contributed by atoms with Crippen molar-refractivity contribution in [2.45, 2.75) is 32.0 Å². The molecule has 1 aliphatic rings. The van der Waals surface area contributed by atoms with Gasteiger partial charge in [0.25, 0.3) is 0 Å². The van der Waals surface area contributed by atoms with Gasteiger partial charge in [0.2, 0.25) is 16.0 Å². The Kier molecular flexibility index (Phi) is 7.60. The fraction of sp³-hybridized carbons (Fsp3) is 0.667. The van der Waals surface area contributed by atoms with E-state index < -0.39 is 34.0 Å². The average Bonchev–Trinajstić information content (AvgIpc) is 2.60. The minimum Gasteiger partial charge on any atom is -0.444 e. The maximum Gasteiger partial charge on any atom is 0.419 e. The molecule has 0 radical (unpaired) electrons. The number of primary amides is 1. The van der Waals surface area contributed by atoms with E-state index >= 15 is 0 Å². The van der Waals surface area contributed by atoms with Gasteiger partial charge >= 0.3 is 12.3 Å². The molecule has 3 N–H and O–H groups in total. The second-order valence-electron chi connectivity index (χ2n) is 6.62. The average molecular weight is 441 g/mol. The maximum absolute atomic E-state index is 12.6. The molecule has 1 saturated heterocycles. The van der Waals surface area contributed by atoms with E-state index in [2.05, 4.69) is 14.7 Å². The number of aromatic nitrogens is 2. The molecule has 0 aliphatic carbocycles. The van der Waals surface area contributed by atoms with Crippen LogP contribution in [0.3, 0.4) is 0 Å². The topological polar surface area (TPSA) is 137 Å². The predicted octanol–water partition coefficient (Wildman–Crippen LogP) is 1.05. The molecule has 0 aromatic carbocycles. The number of hydrogen-bond donors (Lipinski definition) is 2. The van der Waals surface area contributed by atoms with Gasteiger partial charge in [0, 0.05) is 25.5 Å². The van der Waals surface area contributed by atoms with Crippen LogP contribution in [0, 0.1) is 5.92 Å². The summed E-state index contributed by atoms with van der Waals surface area (Å²) in [7, 11) is -3.73. The first-order valence-corrected chi connectivity index (χ1v) is 10.3. The molecule has 1 amide bonds. The Bertz CT molecular complexity index is 783. The fourth-order valence-corrected chi connectivity index (χ4v) is 4.02. The van der Waals surface area contributed by atoms with E-state index in [0.717, 1.165) is 12.4 Å². The lowest BCUT2D eigenvalue weighted by Crippen LogP contribution is -2.39. The lowest BCUT2D eigenvalue weighted by atomic mass is 9.99. The summed E-state index contributed by atoms with van der Waals surface area (Å²) in [4.78, 5) is 26.6. The number of ether oxygens (including phenoxy) is 1. The van der Waals surface area contributed by atoms with E-state index in [1.807, 2.05) is 4.89 Å². The molecule has 164 valence electrons. The zero-order valence-electron chi connectivity index (χ0n) is 15.6. The summed E-state index contributed by atoms with van der Waals surface area (Å²) < 4.78 is 66.4. The van der Waals surface area contributed by atoms with Crippen LogP contribution >= 0.6 is 0 Å². The van der Waals surface area contributed by atoms with Gasteiger partial charge in [-0.3, -0.25) is 4.84 Å². The van der Waals surface area contributed by atoms with Crippen LogP contribution in [0.15, 0.2) is 12.4 Å². The summed E-state index contributed by atoms with van der Waals surface area (Å²) in [5.74, 6) is -0.176. The smallest absolute Gasteiger partial charge is 0.419 e. The molecule has 1 aliphatic heterocycles. The van der Waals surface area contributed by atoms with Gasteiger partial charge in [-0.05, 0) is 25.7 Å². The van der Waals surface area contributed by atoms with Gasteiger partial charge in [-0.2, -0.15) is 13.2 Å². The lowest BCUT2D eigenvalue weighted by molar-refractivity contribution is -0.138. The molecule has 1 unspecified atom stereocenters. The van der Waals surface area contributed by atoms with E-state index in [1.54, 1.807) is 4.90 Å². The van der Waals surface area contributed by atoms with Crippen LogP contribution in [0.25, 0.3) is 0 Å². The lowest BCUT2D eigenvalue weighted by Gasteiger charge is -2.31. The van der Waals surface area contributed by atoms with Crippen LogP contribution in [-0.4, -0.2) is 56.0 Å². The van der Waals surface area contributed by atoms with Crippen molar-refractivity contribution in [3.63, 3.8) is 0 Å². The van der Waals surface area contributed by atoms with Crippen LogP contribution in [0.4, 0.5) is 23.9 Å². The number of nitrogens with one attached hydrogen (secondary N) is 1. The highest BCUT2D eigenvalue weighted by molar-refractivity contribution is 7.89. The van der Waals surface area contributed by atoms with Crippen LogP contribution in [0.1, 0.15) is 25.3 Å². The van der Waals surface area contributed by atoms with E-state index in [9.17, 15) is 26.4 Å². The minimum atomic E-state index is -4.50. The first kappa shape index (κ1) is 23.1. The standard InChI is InChI=1S/C15H22F3N5O5S/c1-10(28-13(19)24)8-27-22-29(25,26)9-11-2-4-23(5-3-11)14-20-6-12(7-21-14)15(16,17)18/h6-7,10-11,22H,2-5,8-9H2,1H3,(H2,19,24). The summed E-state index contributed by atoms with van der Waals surface area (Å²) in [6.45, 7) is 2.11. The van der Waals surface area contributed by atoms with E-state index in [0.29, 0.717) is 25.9 Å². The Morgan fingerprint density at radius 3 is 2.45 bits per heavy atom. The maximum atomic E-state index is 12.6. The Morgan fingerprint density at radius 2 is 1.93 bits per heavy atom. The third-order valence-electron chi connectivity index (χ3n) is 4.14. The second kappa shape index (κ2) is 9.54. The molecule has 0 saturated carbocycles. The van der Waals surface area contributed by atoms with E-state index in [-0.39, 0.29) is 24.2 Å². The Morgan fingerprint density at radius 1 is 1.34 bits per heavy atom. The highest BCUT2D eigenvalue weighted by Gasteiger charge is 2.32. The number of alkyl halides is 3. The molecule has 1 fully saturated rings. The number of anilines is 1. The molecule has 0 spiro atoms. The van der Waals surface area contributed by atoms with Crippen molar-refractivity contribution in [3.05, 3.63) is 18.0 Å². The van der Waals surface area contributed by atoms with Gasteiger partial charge in [0.1, 0.15) is 12.7 Å². The van der Waals surface area contributed by atoms with E-state index in [4.69, 9.17) is 10.6 Å². The van der Waals surface area contributed by atoms with Crippen molar-refractivity contribution in [2.75, 3.05) is 30.3 Å². The number of piperidine rings is 1. The largest absolute Gasteiger partial charge is 0.444 e. The first-order chi connectivity index (χ1) is 13.5. The molecule has 2 rings (SSSR count). The van der Waals surface area contributed by atoms with Crippen LogP contribution in [-0.2, 0) is 25.8 Å². The van der Waals surface area contributed by atoms with Crippen molar-refractivity contribution in [1.29, 1.82) is 0 Å². The summed E-state index contributed by atoms with van der Waals surface area (Å²) in [5, 5.41) is 0. The van der Waals surface area contributed by atoms with E-state index in [1.165, 1.54) is 6.92 Å². The van der Waals surface area contributed by atoms with Crippen molar-refractivity contribution < 1.29 is 36.0 Å². The fourth-order valence-electron chi connectivity index (χ4n) is 2.75. The molecule has 1 atom stereocenters. The zero-order valence-corrected chi connectivity index (χ0v) is 16.4. The highest BCUT2D eigenvalue weighted by atomic mass is 32.2. The molecule has 10 nitrogen and oxygen atoms in total. The number of nitrogens with zero attached hydrogens (tertiary/aromatic N) is 3. The van der Waals surface area contributed by atoms with Gasteiger partial charge < -0.3 is 15.4 Å². The summed E-state index contributed by atoms with van der Waals surface area (Å²) in [6, 6.07) is 0. The SMILES string of the molecule is CC(CONS(=O)(=O)CC1CCN(c2ncc(C(F)(F)F)cn2)CC1)OC(N)=O. The summed E-state index contributed by atoms with van der Waals surface area (Å²) in [6.07, 6.45) is -3.78. The number of halogens is 3. The number of sulfonamides is 1. The number of carbonyl (C=O) groups excluding carboxylic acids is 1. The van der Waals surface area contributed by atoms with Crippen molar-refractivity contribution in [1.82, 2.24) is 14.9 Å². The summed E-state index contributed by atoms with van der Waals surface area (Å²) >= 11 is 0. The Labute approximate surface area is 165 Å². The Hall–Kier alpha value is -2.19. The summed E-state index contributed by atoms with van der Waals surface area (Å²) in [5.41, 5.74) is 3.91. The van der Waals surface area contributed by atoms with Gasteiger partial charge in [0.05, 0.1) is 11.3 Å². The molecular weight excluding hydrogens is 419 g/mol. The zero-order chi connectivity index (χ0) is 21.7. The monoisotopic (exact) mass is 441 g/mol. The minimum absolute atomic E-state index is 0.166. The van der Waals surface area contributed by atoms with Crippen molar-refractivity contribution in [2.24, 2.45) is 11.7 Å². The molecular formula is C15H22F3N5O5S. The third-order valence-corrected chi connectivity index (χ3v) is 5.42. The molecule has 29 heavy (non-hydrogen) atoms. The van der Waals surface area contributed by atoms with Crippen LogP contribution in [0.2, 0.25) is 0 Å². The predicted molar refractivity (Wildman–Crippen MR) is 95.0 cm³/mol. The highest BCUT2D eigenvalue weighted by Crippen LogP contribution is 2.29. The normalized spacial score (nSPS) is 17.2. The van der Waals surface area contributed by atoms with Crippen LogP contribution < -0.4 is 15.5 Å². The van der Waals surface area contributed by atoms with Crippen molar-refractivity contribution in [3.8, 4) is 0 Å². The molecule has 14 heteroatoms. The quantitative estimate of drug-likeness (QED) is 0.571. The molecule has 2 heterocycles. The molecule has 0 bridgehead atoms.